The molecule has 0 atom stereocenters. The average molecular weight is 278 g/mol. The van der Waals surface area contributed by atoms with Crippen LogP contribution < -0.4 is 10.6 Å². The SMILES string of the molecule is CSc1ccccc1NCC(=O)NCC(F)(F)F. The maximum atomic E-state index is 11.9. The largest absolute Gasteiger partial charge is 0.405 e. The van der Waals surface area contributed by atoms with E-state index in [2.05, 4.69) is 5.32 Å². The van der Waals surface area contributed by atoms with Crippen molar-refractivity contribution in [1.29, 1.82) is 0 Å². The molecule has 0 radical (unpaired) electrons. The fourth-order valence-corrected chi connectivity index (χ4v) is 1.80. The molecule has 0 bridgehead atoms. The summed E-state index contributed by atoms with van der Waals surface area (Å²) in [4.78, 5) is 12.1. The summed E-state index contributed by atoms with van der Waals surface area (Å²) in [7, 11) is 0. The first-order chi connectivity index (χ1) is 8.42. The Morgan fingerprint density at radius 1 is 1.33 bits per heavy atom. The van der Waals surface area contributed by atoms with Gasteiger partial charge in [-0.15, -0.1) is 11.8 Å². The number of nitrogens with one attached hydrogen (secondary N) is 2. The van der Waals surface area contributed by atoms with Crippen molar-refractivity contribution in [3.05, 3.63) is 24.3 Å². The van der Waals surface area contributed by atoms with Crippen molar-refractivity contribution >= 4 is 23.4 Å². The minimum Gasteiger partial charge on any atom is -0.375 e. The summed E-state index contributed by atoms with van der Waals surface area (Å²) in [5, 5.41) is 4.60. The molecule has 0 fully saturated rings. The van der Waals surface area contributed by atoms with E-state index in [1.807, 2.05) is 18.4 Å². The van der Waals surface area contributed by atoms with Crippen LogP contribution in [0.5, 0.6) is 0 Å². The highest BCUT2D eigenvalue weighted by Crippen LogP contribution is 2.24. The molecule has 1 aromatic carbocycles. The number of rotatable bonds is 5. The van der Waals surface area contributed by atoms with Crippen LogP contribution in [0.4, 0.5) is 18.9 Å². The van der Waals surface area contributed by atoms with E-state index in [-0.39, 0.29) is 6.54 Å². The molecule has 0 aliphatic heterocycles. The van der Waals surface area contributed by atoms with Crippen LogP contribution in [0.3, 0.4) is 0 Å². The van der Waals surface area contributed by atoms with Gasteiger partial charge in [0.05, 0.1) is 6.54 Å². The van der Waals surface area contributed by atoms with E-state index >= 15 is 0 Å². The predicted octanol–water partition coefficient (Wildman–Crippen LogP) is 2.50. The summed E-state index contributed by atoms with van der Waals surface area (Å²) in [6.45, 7) is -1.49. The van der Waals surface area contributed by atoms with E-state index < -0.39 is 18.6 Å². The van der Waals surface area contributed by atoms with E-state index in [1.165, 1.54) is 11.8 Å². The fraction of sp³-hybridized carbons (Fsp3) is 0.364. The zero-order valence-electron chi connectivity index (χ0n) is 9.67. The van der Waals surface area contributed by atoms with Gasteiger partial charge in [-0.3, -0.25) is 4.79 Å². The van der Waals surface area contributed by atoms with Gasteiger partial charge < -0.3 is 10.6 Å². The third-order valence-corrected chi connectivity index (χ3v) is 2.83. The molecular weight excluding hydrogens is 265 g/mol. The molecule has 1 amide bonds. The monoisotopic (exact) mass is 278 g/mol. The molecule has 18 heavy (non-hydrogen) atoms. The Labute approximate surface area is 107 Å². The lowest BCUT2D eigenvalue weighted by atomic mass is 10.3. The standard InChI is InChI=1S/C11H13F3N2OS/c1-18-9-5-3-2-4-8(9)15-6-10(17)16-7-11(12,13)14/h2-5,15H,6-7H2,1H3,(H,16,17). The van der Waals surface area contributed by atoms with Crippen molar-refractivity contribution in [1.82, 2.24) is 5.32 Å². The van der Waals surface area contributed by atoms with E-state index in [4.69, 9.17) is 0 Å². The van der Waals surface area contributed by atoms with Crippen LogP contribution in [-0.2, 0) is 4.79 Å². The van der Waals surface area contributed by atoms with Gasteiger partial charge in [0, 0.05) is 10.6 Å². The molecule has 0 heterocycles. The fourth-order valence-electron chi connectivity index (χ4n) is 1.23. The Morgan fingerprint density at radius 3 is 2.61 bits per heavy atom. The first-order valence-corrected chi connectivity index (χ1v) is 6.35. The maximum absolute atomic E-state index is 11.9. The summed E-state index contributed by atoms with van der Waals surface area (Å²) in [5.41, 5.74) is 0.729. The number of anilines is 1. The topological polar surface area (TPSA) is 41.1 Å². The lowest BCUT2D eigenvalue weighted by Gasteiger charge is -2.11. The molecule has 0 saturated carbocycles. The van der Waals surface area contributed by atoms with Crippen LogP contribution >= 0.6 is 11.8 Å². The number of amides is 1. The van der Waals surface area contributed by atoms with Crippen LogP contribution in [0.1, 0.15) is 0 Å². The molecule has 1 aromatic rings. The van der Waals surface area contributed by atoms with Crippen molar-refractivity contribution in [2.45, 2.75) is 11.1 Å². The van der Waals surface area contributed by atoms with Gasteiger partial charge >= 0.3 is 6.18 Å². The van der Waals surface area contributed by atoms with Crippen LogP contribution in [-0.4, -0.2) is 31.4 Å². The quantitative estimate of drug-likeness (QED) is 0.813. The number of hydrogen-bond donors (Lipinski definition) is 2. The van der Waals surface area contributed by atoms with Crippen molar-refractivity contribution in [3.63, 3.8) is 0 Å². The van der Waals surface area contributed by atoms with Gasteiger partial charge in [0.2, 0.25) is 5.91 Å². The van der Waals surface area contributed by atoms with Gasteiger partial charge in [-0.25, -0.2) is 0 Å². The van der Waals surface area contributed by atoms with Crippen LogP contribution in [0, 0.1) is 0 Å². The highest BCUT2D eigenvalue weighted by molar-refractivity contribution is 7.98. The number of benzene rings is 1. The minimum absolute atomic E-state index is 0.187. The Kier molecular flexibility index (Phi) is 5.33. The molecule has 1 rings (SSSR count). The van der Waals surface area contributed by atoms with Gasteiger partial charge in [-0.1, -0.05) is 12.1 Å². The zero-order chi connectivity index (χ0) is 13.6. The van der Waals surface area contributed by atoms with E-state index in [1.54, 1.807) is 17.4 Å². The number of thioether (sulfide) groups is 1. The number of carbonyl (C=O) groups is 1. The third-order valence-electron chi connectivity index (χ3n) is 2.03. The van der Waals surface area contributed by atoms with Crippen LogP contribution in [0.25, 0.3) is 0 Å². The van der Waals surface area contributed by atoms with Crippen LogP contribution in [0.15, 0.2) is 29.2 Å². The highest BCUT2D eigenvalue weighted by atomic mass is 32.2. The van der Waals surface area contributed by atoms with E-state index in [0.717, 1.165) is 10.6 Å². The van der Waals surface area contributed by atoms with Crippen molar-refractivity contribution in [2.24, 2.45) is 0 Å². The molecule has 100 valence electrons. The molecule has 2 N–H and O–H groups in total. The number of halogens is 3. The normalized spacial score (nSPS) is 11.1. The smallest absolute Gasteiger partial charge is 0.375 e. The number of hydrogen-bond acceptors (Lipinski definition) is 3. The molecule has 0 unspecified atom stereocenters. The Balaban J connectivity index is 2.43. The summed E-state index contributed by atoms with van der Waals surface area (Å²) in [6, 6.07) is 7.26. The highest BCUT2D eigenvalue weighted by Gasteiger charge is 2.27. The predicted molar refractivity (Wildman–Crippen MR) is 65.8 cm³/mol. The second-order valence-corrected chi connectivity index (χ2v) is 4.29. The summed E-state index contributed by atoms with van der Waals surface area (Å²) in [6.07, 6.45) is -2.50. The third kappa shape index (κ3) is 5.31. The van der Waals surface area contributed by atoms with Gasteiger partial charge in [0.25, 0.3) is 0 Å². The van der Waals surface area contributed by atoms with Crippen molar-refractivity contribution in [2.75, 3.05) is 24.7 Å². The van der Waals surface area contributed by atoms with Gasteiger partial charge in [0.1, 0.15) is 6.54 Å². The Hall–Kier alpha value is -1.37. The van der Waals surface area contributed by atoms with Crippen molar-refractivity contribution in [3.8, 4) is 0 Å². The summed E-state index contributed by atoms with van der Waals surface area (Å²) < 4.78 is 35.6. The molecule has 7 heteroatoms. The zero-order valence-corrected chi connectivity index (χ0v) is 10.5. The maximum Gasteiger partial charge on any atom is 0.405 e. The molecule has 0 saturated heterocycles. The summed E-state index contributed by atoms with van der Waals surface area (Å²) >= 11 is 1.49. The molecule has 0 aliphatic carbocycles. The van der Waals surface area contributed by atoms with Crippen molar-refractivity contribution < 1.29 is 18.0 Å². The first kappa shape index (κ1) is 14.7. The van der Waals surface area contributed by atoms with Gasteiger partial charge in [-0.05, 0) is 18.4 Å². The number of alkyl halides is 3. The molecule has 0 aromatic heterocycles. The molecule has 0 spiro atoms. The lowest BCUT2D eigenvalue weighted by molar-refractivity contribution is -0.137. The lowest BCUT2D eigenvalue weighted by Crippen LogP contribution is -2.37. The Morgan fingerprint density at radius 2 is 2.00 bits per heavy atom. The van der Waals surface area contributed by atoms with Crippen LogP contribution in [0.2, 0.25) is 0 Å². The van der Waals surface area contributed by atoms with Gasteiger partial charge in [0.15, 0.2) is 0 Å². The second-order valence-electron chi connectivity index (χ2n) is 3.45. The Bertz CT molecular complexity index is 410. The number of para-hydroxylation sites is 1. The molecular formula is C11H13F3N2OS. The molecule has 3 nitrogen and oxygen atoms in total. The average Bonchev–Trinajstić information content (AvgIpc) is 2.33. The molecule has 0 aliphatic rings. The first-order valence-electron chi connectivity index (χ1n) is 5.13. The minimum atomic E-state index is -4.38. The van der Waals surface area contributed by atoms with Gasteiger partial charge in [-0.2, -0.15) is 13.2 Å². The second kappa shape index (κ2) is 6.53. The van der Waals surface area contributed by atoms with E-state index in [9.17, 15) is 18.0 Å². The number of carbonyl (C=O) groups excluding carboxylic acids is 1. The summed E-state index contributed by atoms with van der Waals surface area (Å²) in [5.74, 6) is -0.691. The van der Waals surface area contributed by atoms with E-state index in [0.29, 0.717) is 0 Å².